The number of hydrogen-bond donors (Lipinski definition) is 1. The minimum absolute atomic E-state index is 0.248. The topological polar surface area (TPSA) is 29.1 Å². The third-order valence-electron chi connectivity index (χ3n) is 2.78. The summed E-state index contributed by atoms with van der Waals surface area (Å²) in [6.45, 7) is 0.401. The quantitative estimate of drug-likeness (QED) is 0.815. The number of rotatable bonds is 4. The Kier molecular flexibility index (Phi) is 5.15. The largest absolute Gasteiger partial charge is 0.348 e. The molecule has 20 heavy (non-hydrogen) atoms. The maximum Gasteiger partial charge on any atom is 0.251 e. The van der Waals surface area contributed by atoms with E-state index in [9.17, 15) is 9.18 Å². The van der Waals surface area contributed by atoms with E-state index in [1.165, 1.54) is 18.2 Å². The molecule has 0 aliphatic carbocycles. The normalized spacial score (nSPS) is 10.3. The van der Waals surface area contributed by atoms with Crippen LogP contribution in [0.3, 0.4) is 0 Å². The van der Waals surface area contributed by atoms with E-state index in [0.717, 1.165) is 11.1 Å². The van der Waals surface area contributed by atoms with Crippen molar-refractivity contribution in [1.29, 1.82) is 0 Å². The maximum absolute atomic E-state index is 13.1. The molecule has 0 unspecified atom stereocenters. The molecule has 1 N–H and O–H groups in total. The third kappa shape index (κ3) is 3.81. The summed E-state index contributed by atoms with van der Waals surface area (Å²) in [6, 6.07) is 11.8. The Morgan fingerprint density at radius 3 is 2.65 bits per heavy atom. The predicted octanol–water partition coefficient (Wildman–Crippen LogP) is 4.26. The summed E-state index contributed by atoms with van der Waals surface area (Å²) < 4.78 is 13.4. The minimum atomic E-state index is -0.392. The molecular formula is C15H12BrClFNO. The SMILES string of the molecule is O=C(NCc1cccc(CCl)c1)c1ccc(F)c(Br)c1. The molecule has 0 aliphatic rings. The number of carbonyl (C=O) groups excluding carboxylic acids is 1. The summed E-state index contributed by atoms with van der Waals surface area (Å²) in [4.78, 5) is 12.0. The highest BCUT2D eigenvalue weighted by Crippen LogP contribution is 2.17. The minimum Gasteiger partial charge on any atom is -0.348 e. The van der Waals surface area contributed by atoms with Crippen LogP contribution < -0.4 is 5.32 Å². The standard InChI is InChI=1S/C15H12BrClFNO/c16-13-7-12(4-5-14(13)18)15(20)19-9-11-3-1-2-10(6-11)8-17/h1-7H,8-9H2,(H,19,20). The van der Waals surface area contributed by atoms with Crippen molar-refractivity contribution in [3.63, 3.8) is 0 Å². The molecule has 2 nitrogen and oxygen atoms in total. The molecule has 0 radical (unpaired) electrons. The fraction of sp³-hybridized carbons (Fsp3) is 0.133. The fourth-order valence-electron chi connectivity index (χ4n) is 1.74. The lowest BCUT2D eigenvalue weighted by atomic mass is 10.1. The lowest BCUT2D eigenvalue weighted by molar-refractivity contribution is 0.0951. The summed E-state index contributed by atoms with van der Waals surface area (Å²) in [5.41, 5.74) is 2.38. The molecular weight excluding hydrogens is 345 g/mol. The number of halogens is 3. The van der Waals surface area contributed by atoms with Crippen molar-refractivity contribution >= 4 is 33.4 Å². The second kappa shape index (κ2) is 6.86. The highest BCUT2D eigenvalue weighted by atomic mass is 79.9. The van der Waals surface area contributed by atoms with Crippen LogP contribution in [0, 0.1) is 5.82 Å². The van der Waals surface area contributed by atoms with Crippen LogP contribution in [-0.2, 0) is 12.4 Å². The number of alkyl halides is 1. The Labute approximate surface area is 130 Å². The summed E-state index contributed by atoms with van der Waals surface area (Å²) in [5, 5.41) is 2.79. The monoisotopic (exact) mass is 355 g/mol. The van der Waals surface area contributed by atoms with Crippen molar-refractivity contribution in [1.82, 2.24) is 5.32 Å². The van der Waals surface area contributed by atoms with Gasteiger partial charge in [0.1, 0.15) is 5.82 Å². The molecule has 0 saturated carbocycles. The Balaban J connectivity index is 2.02. The van der Waals surface area contributed by atoms with Gasteiger partial charge in [-0.05, 0) is 45.3 Å². The fourth-order valence-corrected chi connectivity index (χ4v) is 2.29. The molecule has 0 spiro atoms. The zero-order valence-corrected chi connectivity index (χ0v) is 12.8. The van der Waals surface area contributed by atoms with Gasteiger partial charge in [0.25, 0.3) is 5.91 Å². The number of amides is 1. The Hall–Kier alpha value is -1.39. The zero-order chi connectivity index (χ0) is 14.5. The smallest absolute Gasteiger partial charge is 0.251 e. The third-order valence-corrected chi connectivity index (χ3v) is 3.70. The Morgan fingerprint density at radius 2 is 1.95 bits per heavy atom. The van der Waals surface area contributed by atoms with Crippen molar-refractivity contribution in [2.75, 3.05) is 0 Å². The number of hydrogen-bond acceptors (Lipinski definition) is 1. The molecule has 0 aliphatic heterocycles. The van der Waals surface area contributed by atoms with E-state index < -0.39 is 5.82 Å². The van der Waals surface area contributed by atoms with Crippen LogP contribution in [0.5, 0.6) is 0 Å². The molecule has 2 aromatic carbocycles. The second-order valence-electron chi connectivity index (χ2n) is 4.27. The highest BCUT2D eigenvalue weighted by Gasteiger charge is 2.08. The van der Waals surface area contributed by atoms with Gasteiger partial charge < -0.3 is 5.32 Å². The van der Waals surface area contributed by atoms with Gasteiger partial charge in [0.2, 0.25) is 0 Å². The second-order valence-corrected chi connectivity index (χ2v) is 5.39. The molecule has 2 rings (SSSR count). The summed E-state index contributed by atoms with van der Waals surface area (Å²) in [7, 11) is 0. The van der Waals surface area contributed by atoms with Crippen LogP contribution in [0.25, 0.3) is 0 Å². The molecule has 0 saturated heterocycles. The average Bonchev–Trinajstić information content (AvgIpc) is 2.47. The van der Waals surface area contributed by atoms with Crippen molar-refractivity contribution in [3.8, 4) is 0 Å². The van der Waals surface area contributed by atoms with E-state index in [0.29, 0.717) is 18.0 Å². The van der Waals surface area contributed by atoms with Crippen LogP contribution in [0.15, 0.2) is 46.9 Å². The molecule has 104 valence electrons. The van der Waals surface area contributed by atoms with E-state index in [2.05, 4.69) is 21.2 Å². The van der Waals surface area contributed by atoms with E-state index >= 15 is 0 Å². The van der Waals surface area contributed by atoms with E-state index in [1.54, 1.807) is 0 Å². The molecule has 0 atom stereocenters. The summed E-state index contributed by atoms with van der Waals surface area (Å²) in [6.07, 6.45) is 0. The van der Waals surface area contributed by atoms with Gasteiger partial charge in [0, 0.05) is 18.0 Å². The first-order valence-electron chi connectivity index (χ1n) is 5.97. The average molecular weight is 357 g/mol. The molecule has 2 aromatic rings. The Morgan fingerprint density at radius 1 is 1.20 bits per heavy atom. The van der Waals surface area contributed by atoms with Gasteiger partial charge in [-0.3, -0.25) is 4.79 Å². The number of carbonyl (C=O) groups is 1. The predicted molar refractivity (Wildman–Crippen MR) is 81.3 cm³/mol. The van der Waals surface area contributed by atoms with Gasteiger partial charge in [-0.15, -0.1) is 11.6 Å². The zero-order valence-electron chi connectivity index (χ0n) is 10.5. The maximum atomic E-state index is 13.1. The van der Waals surface area contributed by atoms with Crippen molar-refractivity contribution in [3.05, 3.63) is 69.4 Å². The van der Waals surface area contributed by atoms with Gasteiger partial charge in [0.05, 0.1) is 4.47 Å². The van der Waals surface area contributed by atoms with Crippen LogP contribution in [0.2, 0.25) is 0 Å². The summed E-state index contributed by atoms with van der Waals surface area (Å²) >= 11 is 8.82. The van der Waals surface area contributed by atoms with Gasteiger partial charge >= 0.3 is 0 Å². The number of nitrogens with one attached hydrogen (secondary N) is 1. The lowest BCUT2D eigenvalue weighted by Gasteiger charge is -2.07. The lowest BCUT2D eigenvalue weighted by Crippen LogP contribution is -2.22. The first-order chi connectivity index (χ1) is 9.60. The first kappa shape index (κ1) is 15.0. The molecule has 0 heterocycles. The van der Waals surface area contributed by atoms with Gasteiger partial charge in [-0.1, -0.05) is 24.3 Å². The highest BCUT2D eigenvalue weighted by molar-refractivity contribution is 9.10. The van der Waals surface area contributed by atoms with E-state index in [1.807, 2.05) is 24.3 Å². The molecule has 1 amide bonds. The van der Waals surface area contributed by atoms with E-state index in [-0.39, 0.29) is 10.4 Å². The van der Waals surface area contributed by atoms with E-state index in [4.69, 9.17) is 11.6 Å². The van der Waals surface area contributed by atoms with Crippen molar-refractivity contribution in [2.24, 2.45) is 0 Å². The number of benzene rings is 2. The van der Waals surface area contributed by atoms with Crippen LogP contribution in [0.1, 0.15) is 21.5 Å². The molecule has 0 aromatic heterocycles. The van der Waals surface area contributed by atoms with Gasteiger partial charge in [-0.2, -0.15) is 0 Å². The van der Waals surface area contributed by atoms with Crippen molar-refractivity contribution < 1.29 is 9.18 Å². The van der Waals surface area contributed by atoms with Gasteiger partial charge in [0.15, 0.2) is 0 Å². The molecule has 0 fully saturated rings. The van der Waals surface area contributed by atoms with Gasteiger partial charge in [-0.25, -0.2) is 4.39 Å². The van der Waals surface area contributed by atoms with Crippen LogP contribution >= 0.6 is 27.5 Å². The summed E-state index contributed by atoms with van der Waals surface area (Å²) in [5.74, 6) is -0.203. The first-order valence-corrected chi connectivity index (χ1v) is 7.30. The Bertz CT molecular complexity index is 633. The molecule has 0 bridgehead atoms. The van der Waals surface area contributed by atoms with Crippen molar-refractivity contribution in [2.45, 2.75) is 12.4 Å². The van der Waals surface area contributed by atoms with Crippen LogP contribution in [0.4, 0.5) is 4.39 Å². The van der Waals surface area contributed by atoms with Crippen LogP contribution in [-0.4, -0.2) is 5.91 Å². The molecule has 5 heteroatoms.